The predicted molar refractivity (Wildman–Crippen MR) is 125 cm³/mol. The molecule has 0 bridgehead atoms. The zero-order chi connectivity index (χ0) is 23.2. The van der Waals surface area contributed by atoms with Gasteiger partial charge in [0.15, 0.2) is 0 Å². The van der Waals surface area contributed by atoms with Gasteiger partial charge in [0.1, 0.15) is 11.5 Å². The van der Waals surface area contributed by atoms with Gasteiger partial charge in [0.05, 0.1) is 5.92 Å². The Kier molecular flexibility index (Phi) is 5.27. The number of carbonyl (C=O) groups is 1. The molecule has 1 amide bonds. The van der Waals surface area contributed by atoms with Crippen LogP contribution in [-0.2, 0) is 5.41 Å². The first-order valence-corrected chi connectivity index (χ1v) is 11.3. The summed E-state index contributed by atoms with van der Waals surface area (Å²) < 4.78 is 19.0. The van der Waals surface area contributed by atoms with Crippen LogP contribution in [-0.4, -0.2) is 39.0 Å². The van der Waals surface area contributed by atoms with Crippen LogP contribution in [0.2, 0.25) is 0 Å². The average Bonchev–Trinajstić information content (AvgIpc) is 3.45. The maximum atomic E-state index is 13.5. The van der Waals surface area contributed by atoms with E-state index in [-0.39, 0.29) is 23.1 Å². The van der Waals surface area contributed by atoms with E-state index in [4.69, 9.17) is 4.52 Å². The third kappa shape index (κ3) is 4.27. The van der Waals surface area contributed by atoms with Gasteiger partial charge in [-0.25, -0.2) is 4.39 Å². The molecule has 1 atom stereocenters. The Balaban J connectivity index is 1.34. The molecule has 1 N–H and O–H groups in total. The fourth-order valence-electron chi connectivity index (χ4n) is 4.39. The molecule has 7 heteroatoms. The van der Waals surface area contributed by atoms with E-state index in [1.165, 1.54) is 17.7 Å². The van der Waals surface area contributed by atoms with Gasteiger partial charge in [0, 0.05) is 29.6 Å². The minimum absolute atomic E-state index is 0.0296. The molecular formula is C26H27FN4O2. The van der Waals surface area contributed by atoms with Crippen molar-refractivity contribution in [2.45, 2.75) is 44.9 Å². The molecule has 1 unspecified atom stereocenters. The number of nitrogens with one attached hydrogen (secondary N) is 1. The van der Waals surface area contributed by atoms with E-state index in [1.54, 1.807) is 12.1 Å². The smallest absolute Gasteiger partial charge is 0.270 e. The summed E-state index contributed by atoms with van der Waals surface area (Å²) in [6.07, 6.45) is 1.71. The topological polar surface area (TPSA) is 75.0 Å². The van der Waals surface area contributed by atoms with Crippen molar-refractivity contribution < 1.29 is 13.7 Å². The lowest BCUT2D eigenvalue weighted by molar-refractivity contribution is 0.0690. The van der Waals surface area contributed by atoms with Gasteiger partial charge in [-0.15, -0.1) is 0 Å². The number of hydrogen-bond acceptors (Lipinski definition) is 4. The molecule has 5 rings (SSSR count). The van der Waals surface area contributed by atoms with E-state index in [1.807, 2.05) is 11.0 Å². The summed E-state index contributed by atoms with van der Waals surface area (Å²) in [7, 11) is 0. The molecule has 3 heterocycles. The molecule has 0 spiro atoms. The second-order valence-electron chi connectivity index (χ2n) is 9.79. The third-order valence-corrected chi connectivity index (χ3v) is 6.30. The number of halogens is 1. The van der Waals surface area contributed by atoms with Crippen molar-refractivity contribution in [1.29, 1.82) is 0 Å². The van der Waals surface area contributed by atoms with Gasteiger partial charge in [0.25, 0.3) is 5.91 Å². The first kappa shape index (κ1) is 21.4. The number of amides is 1. The summed E-state index contributed by atoms with van der Waals surface area (Å²) in [4.78, 5) is 22.9. The SMILES string of the molecule is CC(C)(C)c1ccc2cc(C(=O)N3CCCC(c4nc(-c5cccc(F)c5)no4)C3)[nH]c2c1. The van der Waals surface area contributed by atoms with Crippen LogP contribution in [0.15, 0.2) is 53.1 Å². The van der Waals surface area contributed by atoms with Crippen LogP contribution in [0, 0.1) is 5.82 Å². The Morgan fingerprint density at radius 1 is 1.18 bits per heavy atom. The van der Waals surface area contributed by atoms with Crippen molar-refractivity contribution in [2.75, 3.05) is 13.1 Å². The summed E-state index contributed by atoms with van der Waals surface area (Å²) in [5.41, 5.74) is 3.39. The molecule has 170 valence electrons. The quantitative estimate of drug-likeness (QED) is 0.440. The highest BCUT2D eigenvalue weighted by molar-refractivity contribution is 5.98. The van der Waals surface area contributed by atoms with Gasteiger partial charge >= 0.3 is 0 Å². The van der Waals surface area contributed by atoms with Crippen molar-refractivity contribution in [3.63, 3.8) is 0 Å². The van der Waals surface area contributed by atoms with Crippen molar-refractivity contribution in [2.24, 2.45) is 0 Å². The molecule has 33 heavy (non-hydrogen) atoms. The summed E-state index contributed by atoms with van der Waals surface area (Å²) in [5, 5.41) is 5.05. The fourth-order valence-corrected chi connectivity index (χ4v) is 4.39. The van der Waals surface area contributed by atoms with E-state index >= 15 is 0 Å². The number of piperidine rings is 1. The van der Waals surface area contributed by atoms with Gasteiger partial charge in [0.2, 0.25) is 11.7 Å². The van der Waals surface area contributed by atoms with E-state index in [0.717, 1.165) is 23.7 Å². The Bertz CT molecular complexity index is 1320. The number of fused-ring (bicyclic) bond motifs is 1. The van der Waals surface area contributed by atoms with Crippen LogP contribution in [0.3, 0.4) is 0 Å². The van der Waals surface area contributed by atoms with E-state index in [9.17, 15) is 9.18 Å². The lowest BCUT2D eigenvalue weighted by Gasteiger charge is -2.30. The largest absolute Gasteiger partial charge is 0.351 e. The first-order chi connectivity index (χ1) is 15.8. The highest BCUT2D eigenvalue weighted by Gasteiger charge is 2.30. The molecular weight excluding hydrogens is 419 g/mol. The number of hydrogen-bond donors (Lipinski definition) is 1. The highest BCUT2D eigenvalue weighted by atomic mass is 19.1. The lowest BCUT2D eigenvalue weighted by atomic mass is 9.87. The van der Waals surface area contributed by atoms with Gasteiger partial charge in [-0.3, -0.25) is 4.79 Å². The van der Waals surface area contributed by atoms with Crippen LogP contribution in [0.1, 0.15) is 61.5 Å². The molecule has 0 saturated carbocycles. The normalized spacial score (nSPS) is 17.0. The first-order valence-electron chi connectivity index (χ1n) is 11.3. The molecule has 0 aliphatic carbocycles. The molecule has 1 fully saturated rings. The summed E-state index contributed by atoms with van der Waals surface area (Å²) in [6.45, 7) is 7.71. The molecule has 4 aromatic rings. The Morgan fingerprint density at radius 3 is 2.82 bits per heavy atom. The highest BCUT2D eigenvalue weighted by Crippen LogP contribution is 2.30. The van der Waals surface area contributed by atoms with Crippen LogP contribution in [0.25, 0.3) is 22.3 Å². The summed E-state index contributed by atoms with van der Waals surface area (Å²) in [6, 6.07) is 14.3. The monoisotopic (exact) mass is 446 g/mol. The predicted octanol–water partition coefficient (Wildman–Crippen LogP) is 5.67. The van der Waals surface area contributed by atoms with Crippen LogP contribution < -0.4 is 0 Å². The average molecular weight is 447 g/mol. The number of likely N-dealkylation sites (tertiary alicyclic amines) is 1. The van der Waals surface area contributed by atoms with Gasteiger partial charge in [-0.05, 0) is 48.1 Å². The van der Waals surface area contributed by atoms with Crippen molar-refractivity contribution in [3.8, 4) is 11.4 Å². The van der Waals surface area contributed by atoms with Crippen LogP contribution >= 0.6 is 0 Å². The second kappa shape index (κ2) is 8.14. The second-order valence-corrected chi connectivity index (χ2v) is 9.79. The maximum Gasteiger partial charge on any atom is 0.270 e. The fraction of sp³-hybridized carbons (Fsp3) is 0.346. The number of benzene rings is 2. The minimum atomic E-state index is -0.346. The standard InChI is InChI=1S/C26H27FN4O2/c1-26(2,3)19-10-9-16-13-22(28-21(16)14-19)25(32)31-11-5-7-18(15-31)24-29-23(30-33-24)17-6-4-8-20(27)12-17/h4,6,8-10,12-14,18,28H,5,7,11,15H2,1-3H3. The van der Waals surface area contributed by atoms with E-state index in [0.29, 0.717) is 36.1 Å². The summed E-state index contributed by atoms with van der Waals surface area (Å²) in [5.74, 6) is 0.421. The zero-order valence-corrected chi connectivity index (χ0v) is 19.1. The van der Waals surface area contributed by atoms with E-state index in [2.05, 4.69) is 54.1 Å². The van der Waals surface area contributed by atoms with Crippen molar-refractivity contribution >= 4 is 16.8 Å². The summed E-state index contributed by atoms with van der Waals surface area (Å²) >= 11 is 0. The lowest BCUT2D eigenvalue weighted by Crippen LogP contribution is -2.39. The third-order valence-electron chi connectivity index (χ3n) is 6.30. The Labute approximate surface area is 191 Å². The minimum Gasteiger partial charge on any atom is -0.351 e. The molecule has 1 aliphatic rings. The number of carbonyl (C=O) groups excluding carboxylic acids is 1. The number of aromatic amines is 1. The Morgan fingerprint density at radius 2 is 2.03 bits per heavy atom. The number of nitrogens with zero attached hydrogens (tertiary/aromatic N) is 3. The molecule has 2 aromatic carbocycles. The van der Waals surface area contributed by atoms with Crippen molar-refractivity contribution in [3.05, 3.63) is 71.5 Å². The van der Waals surface area contributed by atoms with E-state index < -0.39 is 0 Å². The maximum absolute atomic E-state index is 13.5. The molecule has 1 saturated heterocycles. The molecule has 0 radical (unpaired) electrons. The van der Waals surface area contributed by atoms with Crippen molar-refractivity contribution in [1.82, 2.24) is 20.0 Å². The number of aromatic nitrogens is 3. The molecule has 2 aromatic heterocycles. The van der Waals surface area contributed by atoms with Crippen LogP contribution in [0.5, 0.6) is 0 Å². The Hall–Kier alpha value is -3.48. The van der Waals surface area contributed by atoms with Gasteiger partial charge in [-0.1, -0.05) is 50.2 Å². The molecule has 6 nitrogen and oxygen atoms in total. The number of rotatable bonds is 3. The zero-order valence-electron chi connectivity index (χ0n) is 19.1. The van der Waals surface area contributed by atoms with Crippen LogP contribution in [0.4, 0.5) is 4.39 Å². The van der Waals surface area contributed by atoms with Gasteiger partial charge < -0.3 is 14.4 Å². The van der Waals surface area contributed by atoms with Gasteiger partial charge in [-0.2, -0.15) is 4.98 Å². The number of H-pyrrole nitrogens is 1. The molecule has 1 aliphatic heterocycles.